The topological polar surface area (TPSA) is 61.8 Å². The van der Waals surface area contributed by atoms with Gasteiger partial charge in [0.15, 0.2) is 5.84 Å². The highest BCUT2D eigenvalue weighted by Crippen LogP contribution is 2.24. The Morgan fingerprint density at radius 2 is 2.05 bits per heavy atom. The Balaban J connectivity index is 2.21. The van der Waals surface area contributed by atoms with Crippen molar-refractivity contribution in [1.29, 1.82) is 0 Å². The Morgan fingerprint density at radius 1 is 1.42 bits per heavy atom. The molecule has 1 aromatic rings. The van der Waals surface area contributed by atoms with Gasteiger partial charge in [-0.2, -0.15) is 0 Å². The fourth-order valence-electron chi connectivity index (χ4n) is 2.60. The maximum absolute atomic E-state index is 13.3. The molecule has 1 saturated heterocycles. The maximum atomic E-state index is 13.3. The van der Waals surface area contributed by atoms with Gasteiger partial charge in [-0.15, -0.1) is 0 Å². The molecule has 3 N–H and O–H groups in total. The first-order valence-electron chi connectivity index (χ1n) is 6.50. The molecular formula is C14H20FN3O. The molecule has 5 heteroatoms. The number of hydrogen-bond acceptors (Lipinski definition) is 3. The van der Waals surface area contributed by atoms with Crippen LogP contribution in [0.25, 0.3) is 0 Å². The highest BCUT2D eigenvalue weighted by atomic mass is 19.1. The molecule has 0 aromatic heterocycles. The second-order valence-corrected chi connectivity index (χ2v) is 5.44. The highest BCUT2D eigenvalue weighted by molar-refractivity contribution is 5.98. The van der Waals surface area contributed by atoms with Gasteiger partial charge in [-0.25, -0.2) is 4.39 Å². The first-order valence-corrected chi connectivity index (χ1v) is 6.50. The van der Waals surface area contributed by atoms with Gasteiger partial charge in [-0.3, -0.25) is 4.90 Å². The van der Waals surface area contributed by atoms with E-state index in [1.165, 1.54) is 12.1 Å². The van der Waals surface area contributed by atoms with Crippen molar-refractivity contribution in [2.45, 2.75) is 20.4 Å². The molecule has 2 unspecified atom stereocenters. The number of likely N-dealkylation sites (tertiary alicyclic amines) is 1. The standard InChI is InChI=1S/C14H20FN3O/c1-9-6-18(7-10(9)2)8-11-3-4-12(15)5-13(11)14(16)17-19/h3-5,9-10,19H,6-8H2,1-2H3,(H2,16,17). The van der Waals surface area contributed by atoms with Gasteiger partial charge < -0.3 is 10.9 Å². The average molecular weight is 265 g/mol. The SMILES string of the molecule is CC1CN(Cc2ccc(F)cc2C(N)=NO)CC1C. The molecule has 0 bridgehead atoms. The van der Waals surface area contributed by atoms with Crippen LogP contribution in [0.2, 0.25) is 0 Å². The first-order chi connectivity index (χ1) is 9.01. The molecule has 19 heavy (non-hydrogen) atoms. The fourth-order valence-corrected chi connectivity index (χ4v) is 2.60. The Labute approximate surface area is 112 Å². The van der Waals surface area contributed by atoms with Gasteiger partial charge in [0.25, 0.3) is 0 Å². The monoisotopic (exact) mass is 265 g/mol. The third kappa shape index (κ3) is 3.04. The molecular weight excluding hydrogens is 245 g/mol. The van der Waals surface area contributed by atoms with Gasteiger partial charge in [-0.1, -0.05) is 25.1 Å². The van der Waals surface area contributed by atoms with E-state index in [4.69, 9.17) is 10.9 Å². The van der Waals surface area contributed by atoms with E-state index in [0.29, 0.717) is 23.9 Å². The third-order valence-electron chi connectivity index (χ3n) is 3.91. The lowest BCUT2D eigenvalue weighted by atomic mass is 10.0. The summed E-state index contributed by atoms with van der Waals surface area (Å²) in [4.78, 5) is 2.32. The fraction of sp³-hybridized carbons (Fsp3) is 0.500. The van der Waals surface area contributed by atoms with Crippen LogP contribution in [0, 0.1) is 17.7 Å². The van der Waals surface area contributed by atoms with Crippen LogP contribution < -0.4 is 5.73 Å². The number of benzene rings is 1. The zero-order valence-corrected chi connectivity index (χ0v) is 11.3. The number of rotatable bonds is 3. The summed E-state index contributed by atoms with van der Waals surface area (Å²) in [5, 5.41) is 11.7. The normalized spacial score (nSPS) is 24.9. The van der Waals surface area contributed by atoms with Crippen molar-refractivity contribution in [1.82, 2.24) is 4.90 Å². The number of amidine groups is 1. The van der Waals surface area contributed by atoms with Crippen LogP contribution in [-0.4, -0.2) is 29.0 Å². The van der Waals surface area contributed by atoms with Gasteiger partial charge >= 0.3 is 0 Å². The van der Waals surface area contributed by atoms with E-state index in [1.54, 1.807) is 6.07 Å². The molecule has 1 aliphatic rings. The van der Waals surface area contributed by atoms with Crippen LogP contribution in [0.4, 0.5) is 4.39 Å². The molecule has 1 aliphatic heterocycles. The van der Waals surface area contributed by atoms with Gasteiger partial charge in [0.05, 0.1) is 0 Å². The molecule has 1 fully saturated rings. The number of hydrogen-bond donors (Lipinski definition) is 2. The van der Waals surface area contributed by atoms with Crippen LogP contribution in [-0.2, 0) is 6.54 Å². The van der Waals surface area contributed by atoms with Crippen molar-refractivity contribution in [3.8, 4) is 0 Å². The molecule has 0 aliphatic carbocycles. The highest BCUT2D eigenvalue weighted by Gasteiger charge is 2.26. The molecule has 0 amide bonds. The lowest BCUT2D eigenvalue weighted by Gasteiger charge is -2.17. The number of halogens is 1. The summed E-state index contributed by atoms with van der Waals surface area (Å²) in [6.07, 6.45) is 0. The quantitative estimate of drug-likeness (QED) is 0.380. The molecule has 2 rings (SSSR count). The van der Waals surface area contributed by atoms with Gasteiger partial charge in [-0.05, 0) is 29.5 Å². The lowest BCUT2D eigenvalue weighted by molar-refractivity contribution is 0.313. The predicted molar refractivity (Wildman–Crippen MR) is 72.5 cm³/mol. The van der Waals surface area contributed by atoms with Crippen LogP contribution in [0.3, 0.4) is 0 Å². The predicted octanol–water partition coefficient (Wildman–Crippen LogP) is 2.01. The molecule has 1 heterocycles. The van der Waals surface area contributed by atoms with Gasteiger partial charge in [0.1, 0.15) is 5.82 Å². The van der Waals surface area contributed by atoms with Crippen molar-refractivity contribution < 1.29 is 9.60 Å². The van der Waals surface area contributed by atoms with Crippen LogP contribution in [0.15, 0.2) is 23.4 Å². The van der Waals surface area contributed by atoms with Gasteiger partial charge in [0.2, 0.25) is 0 Å². The minimum absolute atomic E-state index is 0.0465. The van der Waals surface area contributed by atoms with Crippen molar-refractivity contribution >= 4 is 5.84 Å². The summed E-state index contributed by atoms with van der Waals surface area (Å²) in [7, 11) is 0. The smallest absolute Gasteiger partial charge is 0.170 e. The van der Waals surface area contributed by atoms with Crippen molar-refractivity contribution in [3.05, 3.63) is 35.1 Å². The summed E-state index contributed by atoms with van der Waals surface area (Å²) in [5.74, 6) is 0.892. The minimum atomic E-state index is -0.381. The summed E-state index contributed by atoms with van der Waals surface area (Å²) >= 11 is 0. The van der Waals surface area contributed by atoms with Crippen molar-refractivity contribution in [3.63, 3.8) is 0 Å². The molecule has 0 spiro atoms. The number of nitrogens with two attached hydrogens (primary N) is 1. The zero-order valence-electron chi connectivity index (χ0n) is 11.3. The molecule has 104 valence electrons. The Hall–Kier alpha value is -1.62. The average Bonchev–Trinajstić information content (AvgIpc) is 2.69. The van der Waals surface area contributed by atoms with E-state index in [0.717, 1.165) is 18.7 Å². The Kier molecular flexibility index (Phi) is 4.04. The van der Waals surface area contributed by atoms with Gasteiger partial charge in [0, 0.05) is 25.2 Å². The largest absolute Gasteiger partial charge is 0.409 e. The second kappa shape index (κ2) is 5.57. The zero-order chi connectivity index (χ0) is 14.0. The molecule has 0 saturated carbocycles. The molecule has 1 aromatic carbocycles. The summed E-state index contributed by atoms with van der Waals surface area (Å²) in [6.45, 7) is 7.21. The van der Waals surface area contributed by atoms with Crippen LogP contribution >= 0.6 is 0 Å². The van der Waals surface area contributed by atoms with Crippen molar-refractivity contribution in [2.75, 3.05) is 13.1 Å². The lowest BCUT2D eigenvalue weighted by Crippen LogP contribution is -2.23. The summed E-state index contributed by atoms with van der Waals surface area (Å²) < 4.78 is 13.3. The first kappa shape index (κ1) is 13.8. The Morgan fingerprint density at radius 3 is 2.63 bits per heavy atom. The third-order valence-corrected chi connectivity index (χ3v) is 3.91. The van der Waals surface area contributed by atoms with E-state index >= 15 is 0 Å². The van der Waals surface area contributed by atoms with E-state index in [9.17, 15) is 4.39 Å². The van der Waals surface area contributed by atoms with Crippen LogP contribution in [0.1, 0.15) is 25.0 Å². The van der Waals surface area contributed by atoms with E-state index in [-0.39, 0.29) is 11.7 Å². The van der Waals surface area contributed by atoms with E-state index in [2.05, 4.69) is 23.9 Å². The summed E-state index contributed by atoms with van der Waals surface area (Å²) in [6, 6.07) is 4.43. The number of oxime groups is 1. The number of nitrogens with zero attached hydrogens (tertiary/aromatic N) is 2. The molecule has 4 nitrogen and oxygen atoms in total. The van der Waals surface area contributed by atoms with E-state index in [1.807, 2.05) is 0 Å². The second-order valence-electron chi connectivity index (χ2n) is 5.44. The molecule has 2 atom stereocenters. The molecule has 0 radical (unpaired) electrons. The maximum Gasteiger partial charge on any atom is 0.170 e. The van der Waals surface area contributed by atoms with Crippen molar-refractivity contribution in [2.24, 2.45) is 22.7 Å². The Bertz CT molecular complexity index is 480. The minimum Gasteiger partial charge on any atom is -0.409 e. The summed E-state index contributed by atoms with van der Waals surface area (Å²) in [5.41, 5.74) is 6.96. The van der Waals surface area contributed by atoms with Crippen LogP contribution in [0.5, 0.6) is 0 Å². The van der Waals surface area contributed by atoms with E-state index < -0.39 is 0 Å².